The van der Waals surface area contributed by atoms with Crippen molar-refractivity contribution in [2.24, 2.45) is 0 Å². The van der Waals surface area contributed by atoms with Gasteiger partial charge >= 0.3 is 0 Å². The summed E-state index contributed by atoms with van der Waals surface area (Å²) in [6.45, 7) is 5.66. The molecule has 1 fully saturated rings. The van der Waals surface area contributed by atoms with Gasteiger partial charge in [0.1, 0.15) is 0 Å². The molecule has 0 aromatic heterocycles. The van der Waals surface area contributed by atoms with Gasteiger partial charge in [0.25, 0.3) is 0 Å². The van der Waals surface area contributed by atoms with Gasteiger partial charge in [0.15, 0.2) is 0 Å². The molecule has 0 radical (unpaired) electrons. The van der Waals surface area contributed by atoms with Crippen molar-refractivity contribution in [3.05, 3.63) is 0 Å². The van der Waals surface area contributed by atoms with E-state index in [9.17, 15) is 8.42 Å². The van der Waals surface area contributed by atoms with E-state index in [0.717, 1.165) is 45.1 Å². The van der Waals surface area contributed by atoms with Crippen molar-refractivity contribution in [1.29, 1.82) is 0 Å². The molecule has 0 aromatic carbocycles. The zero-order valence-electron chi connectivity index (χ0n) is 11.0. The minimum Gasteiger partial charge on any atom is -0.315 e. The fourth-order valence-electron chi connectivity index (χ4n) is 2.28. The Kier molecular flexibility index (Phi) is 6.44. The summed E-state index contributed by atoms with van der Waals surface area (Å²) in [5.74, 6) is 0. The lowest BCUT2D eigenvalue weighted by atomic mass is 10.1. The van der Waals surface area contributed by atoms with E-state index in [2.05, 4.69) is 23.9 Å². The molecule has 0 aliphatic carbocycles. The highest BCUT2D eigenvalue weighted by molar-refractivity contribution is 7.90. The van der Waals surface area contributed by atoms with Crippen LogP contribution in [0.2, 0.25) is 0 Å². The third-order valence-corrected chi connectivity index (χ3v) is 5.27. The van der Waals surface area contributed by atoms with Gasteiger partial charge in [-0.3, -0.25) is 0 Å². The maximum Gasteiger partial charge on any atom is 0.216 e. The molecule has 0 aromatic rings. The zero-order valence-corrected chi connectivity index (χ0v) is 11.9. The summed E-state index contributed by atoms with van der Waals surface area (Å²) in [5, 5.41) is 2.87. The lowest BCUT2D eigenvalue weighted by Crippen LogP contribution is -2.41. The average molecular weight is 262 g/mol. The van der Waals surface area contributed by atoms with Crippen molar-refractivity contribution in [3.63, 3.8) is 0 Å². The van der Waals surface area contributed by atoms with Crippen LogP contribution in [0.25, 0.3) is 0 Å². The van der Waals surface area contributed by atoms with E-state index >= 15 is 0 Å². The van der Waals surface area contributed by atoms with E-state index in [4.69, 9.17) is 0 Å². The Morgan fingerprint density at radius 1 is 1.29 bits per heavy atom. The number of unbranched alkanes of at least 4 members (excludes halogenated alkanes) is 1. The van der Waals surface area contributed by atoms with Crippen LogP contribution >= 0.6 is 0 Å². The topological polar surface area (TPSA) is 58.2 Å². The standard InChI is InChI=1S/C12H26N2O2S/c1-3-5-7-11(6-4-2)14-17(15,16)12-8-9-13-10-12/h11-14H,3-10H2,1-2H3. The van der Waals surface area contributed by atoms with Crippen LogP contribution in [0.15, 0.2) is 0 Å². The fraction of sp³-hybridized carbons (Fsp3) is 1.00. The van der Waals surface area contributed by atoms with Crippen LogP contribution < -0.4 is 10.0 Å². The summed E-state index contributed by atoms with van der Waals surface area (Å²) in [6, 6.07) is 0.130. The largest absolute Gasteiger partial charge is 0.315 e. The monoisotopic (exact) mass is 262 g/mol. The third kappa shape index (κ3) is 4.94. The van der Waals surface area contributed by atoms with E-state index < -0.39 is 10.0 Å². The van der Waals surface area contributed by atoms with Gasteiger partial charge in [-0.2, -0.15) is 0 Å². The Bertz CT molecular complexity index is 298. The normalized spacial score (nSPS) is 22.8. The van der Waals surface area contributed by atoms with E-state index in [-0.39, 0.29) is 11.3 Å². The minimum atomic E-state index is -3.12. The predicted molar refractivity (Wildman–Crippen MR) is 71.6 cm³/mol. The number of hydrogen-bond donors (Lipinski definition) is 2. The molecule has 0 saturated carbocycles. The van der Waals surface area contributed by atoms with Crippen molar-refractivity contribution >= 4 is 10.0 Å². The van der Waals surface area contributed by atoms with Gasteiger partial charge in [0.2, 0.25) is 10.0 Å². The van der Waals surface area contributed by atoms with Crippen LogP contribution in [0, 0.1) is 0 Å². The molecule has 102 valence electrons. The van der Waals surface area contributed by atoms with E-state index in [1.807, 2.05) is 0 Å². The highest BCUT2D eigenvalue weighted by Gasteiger charge is 2.30. The van der Waals surface area contributed by atoms with Crippen molar-refractivity contribution < 1.29 is 8.42 Å². The van der Waals surface area contributed by atoms with Crippen LogP contribution in [0.4, 0.5) is 0 Å². The molecule has 2 unspecified atom stereocenters. The maximum absolute atomic E-state index is 12.1. The van der Waals surface area contributed by atoms with Gasteiger partial charge in [0.05, 0.1) is 5.25 Å². The lowest BCUT2D eigenvalue weighted by molar-refractivity contribution is 0.479. The molecule has 0 spiro atoms. The molecule has 1 aliphatic rings. The number of hydrogen-bond acceptors (Lipinski definition) is 3. The van der Waals surface area contributed by atoms with Gasteiger partial charge in [-0.15, -0.1) is 0 Å². The van der Waals surface area contributed by atoms with Gasteiger partial charge in [-0.25, -0.2) is 13.1 Å². The summed E-state index contributed by atoms with van der Waals surface area (Å²) in [7, 11) is -3.12. The van der Waals surface area contributed by atoms with Gasteiger partial charge in [0, 0.05) is 12.6 Å². The predicted octanol–water partition coefficient (Wildman–Crippen LogP) is 1.63. The van der Waals surface area contributed by atoms with Gasteiger partial charge in [-0.1, -0.05) is 33.1 Å². The molecular weight excluding hydrogens is 236 g/mol. The summed E-state index contributed by atoms with van der Waals surface area (Å²) >= 11 is 0. The van der Waals surface area contributed by atoms with Crippen LogP contribution in [0.3, 0.4) is 0 Å². The van der Waals surface area contributed by atoms with Crippen molar-refractivity contribution in [1.82, 2.24) is 10.0 Å². The van der Waals surface area contributed by atoms with Crippen molar-refractivity contribution in [2.45, 2.75) is 63.7 Å². The van der Waals surface area contributed by atoms with E-state index in [1.54, 1.807) is 0 Å². The Balaban J connectivity index is 2.51. The molecule has 1 aliphatic heterocycles. The molecule has 1 saturated heterocycles. The van der Waals surface area contributed by atoms with Crippen molar-refractivity contribution in [3.8, 4) is 0 Å². The fourth-order valence-corrected chi connectivity index (χ4v) is 3.94. The number of rotatable bonds is 8. The molecule has 1 rings (SSSR count). The molecule has 4 nitrogen and oxygen atoms in total. The first-order chi connectivity index (χ1) is 8.10. The second-order valence-electron chi connectivity index (χ2n) is 4.91. The first-order valence-electron chi connectivity index (χ1n) is 6.82. The first-order valence-corrected chi connectivity index (χ1v) is 8.36. The second-order valence-corrected chi connectivity index (χ2v) is 6.90. The lowest BCUT2D eigenvalue weighted by Gasteiger charge is -2.20. The third-order valence-electron chi connectivity index (χ3n) is 3.33. The van der Waals surface area contributed by atoms with E-state index in [1.165, 1.54) is 0 Å². The second kappa shape index (κ2) is 7.34. The van der Waals surface area contributed by atoms with Crippen LogP contribution in [-0.2, 0) is 10.0 Å². The highest BCUT2D eigenvalue weighted by Crippen LogP contribution is 2.13. The highest BCUT2D eigenvalue weighted by atomic mass is 32.2. The Morgan fingerprint density at radius 3 is 2.59 bits per heavy atom. The number of sulfonamides is 1. The molecule has 5 heteroatoms. The summed E-state index contributed by atoms with van der Waals surface area (Å²) in [6.07, 6.45) is 5.88. The van der Waals surface area contributed by atoms with Crippen LogP contribution in [0.1, 0.15) is 52.4 Å². The SMILES string of the molecule is CCCCC(CCC)NS(=O)(=O)C1CCNC1. The zero-order chi connectivity index (χ0) is 12.7. The molecule has 0 bridgehead atoms. The Hall–Kier alpha value is -0.130. The van der Waals surface area contributed by atoms with Crippen LogP contribution in [0.5, 0.6) is 0 Å². The molecule has 0 amide bonds. The first kappa shape index (κ1) is 14.9. The summed E-state index contributed by atoms with van der Waals surface area (Å²) in [5.41, 5.74) is 0. The Labute approximate surface area is 106 Å². The summed E-state index contributed by atoms with van der Waals surface area (Å²) in [4.78, 5) is 0. The molecule has 2 atom stereocenters. The number of nitrogens with one attached hydrogen (secondary N) is 2. The van der Waals surface area contributed by atoms with E-state index in [0.29, 0.717) is 6.54 Å². The Morgan fingerprint density at radius 2 is 2.06 bits per heavy atom. The van der Waals surface area contributed by atoms with Gasteiger partial charge < -0.3 is 5.32 Å². The maximum atomic E-state index is 12.1. The molecule has 2 N–H and O–H groups in total. The quantitative estimate of drug-likeness (QED) is 0.699. The minimum absolute atomic E-state index is 0.130. The molecule has 17 heavy (non-hydrogen) atoms. The molecule has 1 heterocycles. The average Bonchev–Trinajstić information content (AvgIpc) is 2.80. The molecular formula is C12H26N2O2S. The van der Waals surface area contributed by atoms with Crippen LogP contribution in [-0.4, -0.2) is 32.8 Å². The van der Waals surface area contributed by atoms with Crippen molar-refractivity contribution in [2.75, 3.05) is 13.1 Å². The smallest absolute Gasteiger partial charge is 0.216 e. The summed E-state index contributed by atoms with van der Waals surface area (Å²) < 4.78 is 27.2. The van der Waals surface area contributed by atoms with Gasteiger partial charge in [-0.05, 0) is 25.8 Å².